The topological polar surface area (TPSA) is 32.3 Å². The van der Waals surface area contributed by atoms with Crippen LogP contribution in [0.1, 0.15) is 12.0 Å². The van der Waals surface area contributed by atoms with Crippen LogP contribution < -0.4 is 10.2 Å². The summed E-state index contributed by atoms with van der Waals surface area (Å²) < 4.78 is 13.0. The molecule has 0 radical (unpaired) electrons. The maximum absolute atomic E-state index is 13.0. The van der Waals surface area contributed by atoms with Crippen LogP contribution in [0.2, 0.25) is 5.02 Å². The summed E-state index contributed by atoms with van der Waals surface area (Å²) >= 11 is 5.84. The summed E-state index contributed by atoms with van der Waals surface area (Å²) in [6.45, 7) is 2.49. The van der Waals surface area contributed by atoms with E-state index in [1.807, 2.05) is 12.1 Å². The highest BCUT2D eigenvalue weighted by Crippen LogP contribution is 2.23. The van der Waals surface area contributed by atoms with Gasteiger partial charge in [0, 0.05) is 30.3 Å². The van der Waals surface area contributed by atoms with Gasteiger partial charge >= 0.3 is 0 Å². The molecule has 1 aliphatic heterocycles. The van der Waals surface area contributed by atoms with Crippen LogP contribution >= 0.6 is 11.6 Å². The molecule has 1 unspecified atom stereocenters. The Labute approximate surface area is 146 Å². The smallest absolute Gasteiger partial charge is 0.224 e. The average molecular weight is 347 g/mol. The summed E-state index contributed by atoms with van der Waals surface area (Å²) in [5.41, 5.74) is 1.99. The molecule has 1 fully saturated rings. The van der Waals surface area contributed by atoms with Crippen molar-refractivity contribution in [3.63, 3.8) is 0 Å². The number of rotatable bonds is 5. The maximum Gasteiger partial charge on any atom is 0.224 e. The number of halogens is 2. The van der Waals surface area contributed by atoms with E-state index in [1.165, 1.54) is 12.1 Å². The number of benzene rings is 2. The molecule has 3 rings (SSSR count). The van der Waals surface area contributed by atoms with Crippen LogP contribution in [0.4, 0.5) is 10.1 Å². The molecule has 0 aromatic heterocycles. The number of hydrogen-bond acceptors (Lipinski definition) is 2. The van der Waals surface area contributed by atoms with E-state index in [-0.39, 0.29) is 11.7 Å². The molecular weight excluding hydrogens is 327 g/mol. The predicted molar refractivity (Wildman–Crippen MR) is 94.9 cm³/mol. The van der Waals surface area contributed by atoms with E-state index in [0.717, 1.165) is 30.8 Å². The van der Waals surface area contributed by atoms with Crippen LogP contribution in [0.25, 0.3) is 0 Å². The monoisotopic (exact) mass is 346 g/mol. The lowest BCUT2D eigenvalue weighted by Crippen LogP contribution is -2.32. The average Bonchev–Trinajstić information content (AvgIpc) is 3.05. The Morgan fingerprint density at radius 2 is 1.88 bits per heavy atom. The van der Waals surface area contributed by atoms with Crippen molar-refractivity contribution >= 4 is 23.2 Å². The highest BCUT2D eigenvalue weighted by Gasteiger charge is 2.23. The van der Waals surface area contributed by atoms with E-state index in [0.29, 0.717) is 23.9 Å². The SMILES string of the molecule is O=C(Cc1ccc(Cl)cc1)NCC1CCN(c2ccc(F)cc2)C1. The Kier molecular flexibility index (Phi) is 5.36. The van der Waals surface area contributed by atoms with Gasteiger partial charge in [-0.1, -0.05) is 23.7 Å². The van der Waals surface area contributed by atoms with E-state index in [9.17, 15) is 9.18 Å². The third-order valence-electron chi connectivity index (χ3n) is 4.34. The zero-order valence-corrected chi connectivity index (χ0v) is 14.1. The molecule has 1 heterocycles. The van der Waals surface area contributed by atoms with Crippen molar-refractivity contribution in [2.75, 3.05) is 24.5 Å². The second kappa shape index (κ2) is 7.67. The minimum Gasteiger partial charge on any atom is -0.371 e. The number of nitrogens with zero attached hydrogens (tertiary/aromatic N) is 1. The second-order valence-electron chi connectivity index (χ2n) is 6.18. The molecule has 24 heavy (non-hydrogen) atoms. The van der Waals surface area contributed by atoms with Gasteiger partial charge in [0.1, 0.15) is 5.82 Å². The predicted octanol–water partition coefficient (Wildman–Crippen LogP) is 3.66. The Bertz CT molecular complexity index is 688. The van der Waals surface area contributed by atoms with Crippen LogP contribution in [-0.4, -0.2) is 25.5 Å². The molecule has 5 heteroatoms. The van der Waals surface area contributed by atoms with Crippen molar-refractivity contribution in [3.05, 3.63) is 64.9 Å². The number of anilines is 1. The lowest BCUT2D eigenvalue weighted by Gasteiger charge is -2.18. The largest absolute Gasteiger partial charge is 0.371 e. The highest BCUT2D eigenvalue weighted by molar-refractivity contribution is 6.30. The molecule has 0 saturated carbocycles. The van der Waals surface area contributed by atoms with Crippen molar-refractivity contribution < 1.29 is 9.18 Å². The van der Waals surface area contributed by atoms with Crippen LogP contribution in [0.15, 0.2) is 48.5 Å². The summed E-state index contributed by atoms with van der Waals surface area (Å²) in [5, 5.41) is 3.68. The number of nitrogens with one attached hydrogen (secondary N) is 1. The van der Waals surface area contributed by atoms with E-state index in [2.05, 4.69) is 10.2 Å². The van der Waals surface area contributed by atoms with Crippen molar-refractivity contribution in [1.82, 2.24) is 5.32 Å². The minimum absolute atomic E-state index is 0.0255. The quantitative estimate of drug-likeness (QED) is 0.896. The van der Waals surface area contributed by atoms with Gasteiger partial charge in [0.2, 0.25) is 5.91 Å². The fourth-order valence-electron chi connectivity index (χ4n) is 2.99. The van der Waals surface area contributed by atoms with Crippen molar-refractivity contribution in [2.45, 2.75) is 12.8 Å². The van der Waals surface area contributed by atoms with Crippen molar-refractivity contribution in [2.24, 2.45) is 5.92 Å². The van der Waals surface area contributed by atoms with Gasteiger partial charge in [0.15, 0.2) is 0 Å². The Balaban J connectivity index is 1.44. The van der Waals surface area contributed by atoms with Gasteiger partial charge in [-0.25, -0.2) is 4.39 Å². The first-order chi connectivity index (χ1) is 11.6. The fourth-order valence-corrected chi connectivity index (χ4v) is 3.12. The normalized spacial score (nSPS) is 17.1. The van der Waals surface area contributed by atoms with Crippen LogP contribution in [0, 0.1) is 11.7 Å². The molecule has 1 aliphatic rings. The Hall–Kier alpha value is -2.07. The van der Waals surface area contributed by atoms with Gasteiger partial charge in [-0.3, -0.25) is 4.79 Å². The summed E-state index contributed by atoms with van der Waals surface area (Å²) in [6, 6.07) is 13.9. The molecule has 1 atom stereocenters. The molecule has 2 aromatic carbocycles. The third-order valence-corrected chi connectivity index (χ3v) is 4.60. The molecule has 1 saturated heterocycles. The lowest BCUT2D eigenvalue weighted by molar-refractivity contribution is -0.120. The number of amides is 1. The van der Waals surface area contributed by atoms with Crippen LogP contribution in [0.3, 0.4) is 0 Å². The molecule has 0 aliphatic carbocycles. The maximum atomic E-state index is 13.0. The van der Waals surface area contributed by atoms with Crippen molar-refractivity contribution in [1.29, 1.82) is 0 Å². The summed E-state index contributed by atoms with van der Waals surface area (Å²) in [5.74, 6) is 0.228. The molecule has 1 amide bonds. The Morgan fingerprint density at radius 3 is 2.58 bits per heavy atom. The van der Waals surface area contributed by atoms with Gasteiger partial charge in [0.05, 0.1) is 6.42 Å². The first kappa shape index (κ1) is 16.8. The van der Waals surface area contributed by atoms with Gasteiger partial charge in [0.25, 0.3) is 0 Å². The molecule has 0 bridgehead atoms. The summed E-state index contributed by atoms with van der Waals surface area (Å²) in [7, 11) is 0. The first-order valence-corrected chi connectivity index (χ1v) is 8.49. The number of carbonyl (C=O) groups is 1. The standard InChI is InChI=1S/C19H20ClFN2O/c20-16-3-1-14(2-4-16)11-19(24)22-12-15-9-10-23(13-15)18-7-5-17(21)6-8-18/h1-8,15H,9-13H2,(H,22,24). The van der Waals surface area contributed by atoms with E-state index in [4.69, 9.17) is 11.6 Å². The molecule has 2 aromatic rings. The summed E-state index contributed by atoms with van der Waals surface area (Å²) in [4.78, 5) is 14.3. The summed E-state index contributed by atoms with van der Waals surface area (Å²) in [6.07, 6.45) is 1.39. The Morgan fingerprint density at radius 1 is 1.17 bits per heavy atom. The van der Waals surface area contributed by atoms with Gasteiger partial charge in [-0.05, 0) is 54.3 Å². The number of hydrogen-bond donors (Lipinski definition) is 1. The zero-order chi connectivity index (χ0) is 16.9. The second-order valence-corrected chi connectivity index (χ2v) is 6.62. The van der Waals surface area contributed by atoms with Gasteiger partial charge in [-0.15, -0.1) is 0 Å². The molecular formula is C19H20ClFN2O. The zero-order valence-electron chi connectivity index (χ0n) is 13.3. The van der Waals surface area contributed by atoms with Crippen molar-refractivity contribution in [3.8, 4) is 0 Å². The molecule has 3 nitrogen and oxygen atoms in total. The minimum atomic E-state index is -0.219. The first-order valence-electron chi connectivity index (χ1n) is 8.12. The van der Waals surface area contributed by atoms with E-state index < -0.39 is 0 Å². The lowest BCUT2D eigenvalue weighted by atomic mass is 10.1. The third kappa shape index (κ3) is 4.48. The molecule has 126 valence electrons. The molecule has 0 spiro atoms. The van der Waals surface area contributed by atoms with E-state index >= 15 is 0 Å². The van der Waals surface area contributed by atoms with Crippen LogP contribution in [-0.2, 0) is 11.2 Å². The van der Waals surface area contributed by atoms with Crippen LogP contribution in [0.5, 0.6) is 0 Å². The number of carbonyl (C=O) groups excluding carboxylic acids is 1. The van der Waals surface area contributed by atoms with E-state index in [1.54, 1.807) is 24.3 Å². The fraction of sp³-hybridized carbons (Fsp3) is 0.316. The highest BCUT2D eigenvalue weighted by atomic mass is 35.5. The van der Waals surface area contributed by atoms with Gasteiger partial charge in [-0.2, -0.15) is 0 Å². The van der Waals surface area contributed by atoms with Gasteiger partial charge < -0.3 is 10.2 Å². The molecule has 1 N–H and O–H groups in total.